The van der Waals surface area contributed by atoms with Gasteiger partial charge in [0.1, 0.15) is 16.2 Å². The third kappa shape index (κ3) is 3.50. The Morgan fingerprint density at radius 3 is 2.46 bits per heavy atom. The number of rotatable bonds is 4. The largest absolute Gasteiger partial charge is 0.507 e. The summed E-state index contributed by atoms with van der Waals surface area (Å²) in [5.74, 6) is -1.10. The molecule has 0 spiro atoms. The lowest BCUT2D eigenvalue weighted by molar-refractivity contribution is -0.385. The second kappa shape index (κ2) is 6.91. The molecule has 10 heteroatoms. The van der Waals surface area contributed by atoms with Crippen LogP contribution in [0.25, 0.3) is 10.8 Å². The third-order valence-electron chi connectivity index (χ3n) is 4.11. The van der Waals surface area contributed by atoms with Crippen molar-refractivity contribution in [3.63, 3.8) is 0 Å². The second-order valence-corrected chi connectivity index (χ2v) is 7.41. The molecule has 0 saturated carbocycles. The number of amides is 1. The van der Waals surface area contributed by atoms with Gasteiger partial charge in [-0.3, -0.25) is 19.5 Å². The van der Waals surface area contributed by atoms with Gasteiger partial charge in [-0.25, -0.2) is 0 Å². The maximum Gasteiger partial charge on any atom is 0.296 e. The number of hydrogen-bond acceptors (Lipinski definition) is 6. The molecule has 0 radical (unpaired) electrons. The molecule has 9 nitrogen and oxygen atoms in total. The van der Waals surface area contributed by atoms with Crippen molar-refractivity contribution in [2.75, 3.05) is 5.32 Å². The number of aromatic hydroxyl groups is 1. The van der Waals surface area contributed by atoms with Crippen molar-refractivity contribution >= 4 is 38.2 Å². The van der Waals surface area contributed by atoms with E-state index in [0.717, 1.165) is 6.07 Å². The number of aryl methyl sites for hydroxylation is 1. The van der Waals surface area contributed by atoms with Crippen molar-refractivity contribution in [2.45, 2.75) is 11.8 Å². The van der Waals surface area contributed by atoms with Crippen LogP contribution < -0.4 is 5.32 Å². The lowest BCUT2D eigenvalue weighted by atomic mass is 10.1. The Morgan fingerprint density at radius 1 is 1.11 bits per heavy atom. The number of phenols is 1. The molecule has 0 atom stereocenters. The number of nitrogens with one attached hydrogen (secondary N) is 1. The van der Waals surface area contributed by atoms with E-state index < -0.39 is 31.5 Å². The van der Waals surface area contributed by atoms with Crippen LogP contribution in [0, 0.1) is 17.0 Å². The van der Waals surface area contributed by atoms with Gasteiger partial charge in [0.15, 0.2) is 0 Å². The molecule has 0 heterocycles. The number of phenolic OH excluding ortho intramolecular Hbond substituents is 1. The Bertz CT molecular complexity index is 1240. The predicted molar refractivity (Wildman–Crippen MR) is 101 cm³/mol. The van der Waals surface area contributed by atoms with Crippen molar-refractivity contribution in [3.8, 4) is 5.75 Å². The number of nitro benzene ring substituents is 1. The van der Waals surface area contributed by atoms with E-state index in [4.69, 9.17) is 0 Å². The molecule has 1 amide bonds. The molecule has 3 N–H and O–H groups in total. The summed E-state index contributed by atoms with van der Waals surface area (Å²) >= 11 is 0. The number of fused-ring (bicyclic) bond motifs is 1. The maximum absolute atomic E-state index is 12.7. The summed E-state index contributed by atoms with van der Waals surface area (Å²) in [7, 11) is -4.73. The normalized spacial score (nSPS) is 11.4. The van der Waals surface area contributed by atoms with E-state index in [-0.39, 0.29) is 27.8 Å². The molecular weight excluding hydrogens is 388 g/mol. The molecule has 0 aromatic heterocycles. The van der Waals surface area contributed by atoms with Crippen LogP contribution in [0.5, 0.6) is 5.75 Å². The monoisotopic (exact) mass is 402 g/mol. The van der Waals surface area contributed by atoms with E-state index >= 15 is 0 Å². The highest BCUT2D eigenvalue weighted by Gasteiger charge is 2.25. The minimum atomic E-state index is -4.73. The molecule has 0 aliphatic rings. The number of anilines is 1. The maximum atomic E-state index is 12.7. The first-order chi connectivity index (χ1) is 13.1. The molecule has 0 unspecified atom stereocenters. The first kappa shape index (κ1) is 19.3. The first-order valence-electron chi connectivity index (χ1n) is 7.88. The molecule has 0 saturated heterocycles. The fourth-order valence-electron chi connectivity index (χ4n) is 2.84. The molecule has 144 valence electrons. The Hall–Kier alpha value is -3.50. The van der Waals surface area contributed by atoms with Gasteiger partial charge in [-0.2, -0.15) is 8.42 Å². The summed E-state index contributed by atoms with van der Waals surface area (Å²) in [4.78, 5) is 22.6. The Balaban J connectivity index is 2.22. The van der Waals surface area contributed by atoms with Gasteiger partial charge in [-0.15, -0.1) is 0 Å². The van der Waals surface area contributed by atoms with Gasteiger partial charge in [-0.05, 0) is 36.8 Å². The topological polar surface area (TPSA) is 147 Å². The van der Waals surface area contributed by atoms with Gasteiger partial charge in [0, 0.05) is 16.8 Å². The van der Waals surface area contributed by atoms with Crippen LogP contribution in [-0.2, 0) is 10.1 Å². The molecule has 28 heavy (non-hydrogen) atoms. The lowest BCUT2D eigenvalue weighted by Gasteiger charge is -2.14. The molecule has 3 aromatic rings. The van der Waals surface area contributed by atoms with Crippen molar-refractivity contribution < 1.29 is 27.8 Å². The van der Waals surface area contributed by atoms with Gasteiger partial charge in [0.2, 0.25) is 0 Å². The van der Waals surface area contributed by atoms with Crippen LogP contribution in [0.2, 0.25) is 0 Å². The zero-order valence-corrected chi connectivity index (χ0v) is 15.2. The molecule has 0 fully saturated rings. The van der Waals surface area contributed by atoms with Crippen LogP contribution in [-0.4, -0.2) is 28.9 Å². The Kier molecular flexibility index (Phi) is 4.75. The Morgan fingerprint density at radius 2 is 1.82 bits per heavy atom. The molecule has 0 bridgehead atoms. The zero-order chi connectivity index (χ0) is 20.6. The highest BCUT2D eigenvalue weighted by molar-refractivity contribution is 7.86. The van der Waals surface area contributed by atoms with Gasteiger partial charge in [0.25, 0.3) is 21.7 Å². The second-order valence-electron chi connectivity index (χ2n) is 6.02. The lowest BCUT2D eigenvalue weighted by Crippen LogP contribution is -2.17. The quantitative estimate of drug-likeness (QED) is 0.345. The third-order valence-corrected chi connectivity index (χ3v) is 5.01. The van der Waals surface area contributed by atoms with E-state index in [2.05, 4.69) is 5.32 Å². The molecule has 0 aliphatic heterocycles. The number of nitrogens with zero attached hydrogens (tertiary/aromatic N) is 1. The minimum absolute atomic E-state index is 0.138. The minimum Gasteiger partial charge on any atom is -0.507 e. The smallest absolute Gasteiger partial charge is 0.296 e. The Labute approximate surface area is 159 Å². The standard InChI is InChI=1S/C18H14N2O7S/c1-10-5-7-14(20(23)24)13(9-10)18(22)19-17-12-3-2-4-15(21)11(12)6-8-16(17)28(25,26)27/h2-9,21H,1H3,(H,19,22)(H,25,26,27). The van der Waals surface area contributed by atoms with Crippen molar-refractivity contribution in [1.82, 2.24) is 0 Å². The van der Waals surface area contributed by atoms with Gasteiger partial charge in [-0.1, -0.05) is 18.2 Å². The van der Waals surface area contributed by atoms with Crippen LogP contribution >= 0.6 is 0 Å². The molecule has 3 aromatic carbocycles. The van der Waals surface area contributed by atoms with Crippen LogP contribution in [0.4, 0.5) is 11.4 Å². The van der Waals surface area contributed by atoms with E-state index in [0.29, 0.717) is 5.56 Å². The van der Waals surface area contributed by atoms with Gasteiger partial charge in [0.05, 0.1) is 10.6 Å². The number of benzene rings is 3. The highest BCUT2D eigenvalue weighted by Crippen LogP contribution is 2.35. The van der Waals surface area contributed by atoms with Crippen molar-refractivity contribution in [1.29, 1.82) is 0 Å². The fourth-order valence-corrected chi connectivity index (χ4v) is 3.50. The summed E-state index contributed by atoms with van der Waals surface area (Å²) in [6, 6.07) is 10.5. The van der Waals surface area contributed by atoms with E-state index in [1.54, 1.807) is 6.92 Å². The SMILES string of the molecule is Cc1ccc([N+](=O)[O-])c(C(=O)Nc2c(S(=O)(=O)O)ccc3c(O)cccc23)c1. The van der Waals surface area contributed by atoms with E-state index in [1.165, 1.54) is 42.5 Å². The number of nitro groups is 1. The summed E-state index contributed by atoms with van der Waals surface area (Å²) in [5.41, 5.74) is -0.443. The number of hydrogen-bond donors (Lipinski definition) is 3. The van der Waals surface area contributed by atoms with Gasteiger partial charge < -0.3 is 10.4 Å². The summed E-state index contributed by atoms with van der Waals surface area (Å²) in [5, 5.41) is 23.9. The van der Waals surface area contributed by atoms with Crippen LogP contribution in [0.3, 0.4) is 0 Å². The average Bonchev–Trinajstić information content (AvgIpc) is 2.61. The van der Waals surface area contributed by atoms with E-state index in [9.17, 15) is 33.0 Å². The fraction of sp³-hybridized carbons (Fsp3) is 0.0556. The number of carbonyl (C=O) groups excluding carboxylic acids is 1. The highest BCUT2D eigenvalue weighted by atomic mass is 32.2. The van der Waals surface area contributed by atoms with Crippen molar-refractivity contribution in [2.24, 2.45) is 0 Å². The number of carbonyl (C=O) groups is 1. The summed E-state index contributed by atoms with van der Waals surface area (Å²) in [6.07, 6.45) is 0. The first-order valence-corrected chi connectivity index (χ1v) is 9.32. The zero-order valence-electron chi connectivity index (χ0n) is 14.4. The van der Waals surface area contributed by atoms with Crippen molar-refractivity contribution in [3.05, 3.63) is 69.8 Å². The van der Waals surface area contributed by atoms with Crippen LogP contribution in [0.15, 0.2) is 53.4 Å². The van der Waals surface area contributed by atoms with Gasteiger partial charge >= 0.3 is 0 Å². The summed E-state index contributed by atoms with van der Waals surface area (Å²) < 4.78 is 33.0. The molecule has 3 rings (SSSR count). The average molecular weight is 402 g/mol. The molecular formula is C18H14N2O7S. The predicted octanol–water partition coefficient (Wildman–Crippen LogP) is 3.26. The summed E-state index contributed by atoms with van der Waals surface area (Å²) in [6.45, 7) is 1.64. The van der Waals surface area contributed by atoms with E-state index in [1.807, 2.05) is 0 Å². The molecule has 0 aliphatic carbocycles. The van der Waals surface area contributed by atoms with Crippen LogP contribution in [0.1, 0.15) is 15.9 Å².